The van der Waals surface area contributed by atoms with Crippen LogP contribution in [0.25, 0.3) is 10.2 Å². The quantitative estimate of drug-likeness (QED) is 0.565. The molecule has 2 aromatic heterocycles. The van der Waals surface area contributed by atoms with E-state index in [2.05, 4.69) is 24.1 Å². The number of rotatable bonds is 4. The highest BCUT2D eigenvalue weighted by atomic mass is 32.2. The van der Waals surface area contributed by atoms with Gasteiger partial charge in [0.25, 0.3) is 5.91 Å². The van der Waals surface area contributed by atoms with Crippen LogP contribution in [0.1, 0.15) is 77.3 Å². The number of thiophene rings is 1. The zero-order valence-electron chi connectivity index (χ0n) is 18.8. The highest BCUT2D eigenvalue weighted by molar-refractivity contribution is 7.91. The highest BCUT2D eigenvalue weighted by Gasteiger charge is 2.30. The first-order valence-electron chi connectivity index (χ1n) is 11.5. The van der Waals surface area contributed by atoms with Gasteiger partial charge in [0.2, 0.25) is 0 Å². The summed E-state index contributed by atoms with van der Waals surface area (Å²) in [6.45, 7) is 4.74. The maximum Gasteiger partial charge on any atom is 0.262 e. The number of para-hydroxylation sites is 1. The Morgan fingerprint density at radius 1 is 1.12 bits per heavy atom. The number of fused-ring (bicyclic) bond motifs is 2. The van der Waals surface area contributed by atoms with Crippen LogP contribution in [-0.2, 0) is 9.84 Å². The first-order chi connectivity index (χ1) is 15.8. The van der Waals surface area contributed by atoms with Gasteiger partial charge in [0.1, 0.15) is 15.6 Å². The molecule has 3 aromatic rings. The van der Waals surface area contributed by atoms with E-state index in [4.69, 9.17) is 4.74 Å². The molecule has 0 unspecified atom stereocenters. The molecule has 1 fully saturated rings. The van der Waals surface area contributed by atoms with Gasteiger partial charge < -0.3 is 10.1 Å². The maximum atomic E-state index is 13.5. The van der Waals surface area contributed by atoms with Gasteiger partial charge in [-0.3, -0.25) is 9.78 Å². The molecule has 5 rings (SSSR count). The molecule has 1 aromatic carbocycles. The normalized spacial score (nSPS) is 20.4. The lowest BCUT2D eigenvalue weighted by atomic mass is 9.92. The molecular weight excluding hydrogens is 456 g/mol. The number of nitrogens with one attached hydrogen (secondary N) is 1. The van der Waals surface area contributed by atoms with E-state index in [1.165, 1.54) is 11.3 Å². The third-order valence-corrected chi connectivity index (χ3v) is 9.64. The predicted molar refractivity (Wildman–Crippen MR) is 131 cm³/mol. The van der Waals surface area contributed by atoms with E-state index in [0.29, 0.717) is 24.3 Å². The predicted octanol–water partition coefficient (Wildman–Crippen LogP) is 4.97. The summed E-state index contributed by atoms with van der Waals surface area (Å²) >= 11 is 1.50. The van der Waals surface area contributed by atoms with E-state index in [1.807, 2.05) is 30.3 Å². The van der Waals surface area contributed by atoms with Crippen molar-refractivity contribution in [2.75, 3.05) is 18.1 Å². The molecule has 8 heteroatoms. The van der Waals surface area contributed by atoms with Crippen LogP contribution in [0.15, 0.2) is 36.5 Å². The Bertz CT molecular complexity index is 1300. The number of pyridine rings is 1. The van der Waals surface area contributed by atoms with Gasteiger partial charge >= 0.3 is 0 Å². The molecule has 0 aliphatic carbocycles. The Hall–Kier alpha value is -2.45. The average Bonchev–Trinajstić information content (AvgIpc) is 3.20. The molecule has 1 N–H and O–H groups in total. The van der Waals surface area contributed by atoms with Gasteiger partial charge in [0.15, 0.2) is 0 Å². The van der Waals surface area contributed by atoms with E-state index in [0.717, 1.165) is 39.1 Å². The third-order valence-electron chi connectivity index (χ3n) is 6.68. The van der Waals surface area contributed by atoms with Crippen LogP contribution in [0.4, 0.5) is 0 Å². The lowest BCUT2D eigenvalue weighted by Gasteiger charge is -2.26. The minimum Gasteiger partial charge on any atom is -0.493 e. The lowest BCUT2D eigenvalue weighted by molar-refractivity contribution is 0.0928. The number of nitrogens with zero attached hydrogens (tertiary/aromatic N) is 1. The number of ether oxygens (including phenoxy) is 1. The van der Waals surface area contributed by atoms with Gasteiger partial charge in [-0.1, -0.05) is 32.0 Å². The molecule has 0 radical (unpaired) electrons. The van der Waals surface area contributed by atoms with Crippen molar-refractivity contribution in [3.8, 4) is 5.75 Å². The fourth-order valence-electron chi connectivity index (χ4n) is 4.97. The summed E-state index contributed by atoms with van der Waals surface area (Å²) in [6.07, 6.45) is 3.77. The SMILES string of the molecule is CC(C)c1c(C(=O)N[C@H]2CCOc3ccccc32)sc2c(C3CCS(=O)(=O)CC3)ccnc12. The third kappa shape index (κ3) is 4.26. The van der Waals surface area contributed by atoms with E-state index in [-0.39, 0.29) is 35.3 Å². The number of amides is 1. The van der Waals surface area contributed by atoms with Crippen molar-refractivity contribution < 1.29 is 17.9 Å². The van der Waals surface area contributed by atoms with Crippen molar-refractivity contribution >= 4 is 37.3 Å². The number of aromatic nitrogens is 1. The van der Waals surface area contributed by atoms with Crippen molar-refractivity contribution in [1.29, 1.82) is 0 Å². The van der Waals surface area contributed by atoms with Crippen LogP contribution in [0.3, 0.4) is 0 Å². The Morgan fingerprint density at radius 3 is 2.64 bits per heavy atom. The van der Waals surface area contributed by atoms with Crippen molar-refractivity contribution in [2.45, 2.75) is 51.0 Å². The maximum absolute atomic E-state index is 13.5. The number of benzene rings is 1. The smallest absolute Gasteiger partial charge is 0.262 e. The fourth-order valence-corrected chi connectivity index (χ4v) is 7.87. The van der Waals surface area contributed by atoms with Crippen LogP contribution in [0.2, 0.25) is 0 Å². The first-order valence-corrected chi connectivity index (χ1v) is 14.1. The summed E-state index contributed by atoms with van der Waals surface area (Å²) in [5.74, 6) is 1.50. The molecule has 174 valence electrons. The molecule has 33 heavy (non-hydrogen) atoms. The lowest BCUT2D eigenvalue weighted by Crippen LogP contribution is -2.32. The van der Waals surface area contributed by atoms with E-state index in [9.17, 15) is 13.2 Å². The van der Waals surface area contributed by atoms with Crippen molar-refractivity contribution in [3.63, 3.8) is 0 Å². The van der Waals surface area contributed by atoms with Crippen LogP contribution >= 0.6 is 11.3 Å². The zero-order chi connectivity index (χ0) is 23.2. The molecule has 2 aliphatic rings. The van der Waals surface area contributed by atoms with Crippen LogP contribution in [0, 0.1) is 0 Å². The number of sulfone groups is 1. The second-order valence-corrected chi connectivity index (χ2v) is 12.5. The second kappa shape index (κ2) is 8.72. The van der Waals surface area contributed by atoms with Crippen molar-refractivity contribution in [1.82, 2.24) is 10.3 Å². The molecule has 0 bridgehead atoms. The Labute approximate surface area is 198 Å². The molecule has 1 saturated heterocycles. The minimum absolute atomic E-state index is 0.0828. The van der Waals surface area contributed by atoms with Crippen molar-refractivity contribution in [3.05, 3.63) is 58.1 Å². The molecule has 4 heterocycles. The molecule has 0 saturated carbocycles. The number of carbonyl (C=O) groups excluding carboxylic acids is 1. The van der Waals surface area contributed by atoms with Gasteiger partial charge in [-0.15, -0.1) is 11.3 Å². The van der Waals surface area contributed by atoms with Crippen LogP contribution in [-0.4, -0.2) is 37.4 Å². The van der Waals surface area contributed by atoms with Crippen molar-refractivity contribution in [2.24, 2.45) is 0 Å². The largest absolute Gasteiger partial charge is 0.493 e. The van der Waals surface area contributed by atoms with Crippen LogP contribution < -0.4 is 10.1 Å². The number of hydrogen-bond acceptors (Lipinski definition) is 6. The standard InChI is InChI=1S/C25H28N2O4S2/c1-15(2)21-22-23(17(7-11-26-22)16-9-13-33(29,30)14-10-16)32-24(21)25(28)27-19-8-12-31-20-6-4-3-5-18(19)20/h3-7,11,15-16,19H,8-10,12-14H2,1-2H3,(H,27,28)/t19-/m0/s1. The molecular formula is C25H28N2O4S2. The second-order valence-electron chi connectivity index (χ2n) is 9.20. The minimum atomic E-state index is -2.93. The fraction of sp³-hybridized carbons (Fsp3) is 0.440. The zero-order valence-corrected chi connectivity index (χ0v) is 20.5. The van der Waals surface area contributed by atoms with Gasteiger partial charge in [-0.25, -0.2) is 8.42 Å². The highest BCUT2D eigenvalue weighted by Crippen LogP contribution is 2.42. The Balaban J connectivity index is 1.51. The topological polar surface area (TPSA) is 85.4 Å². The molecule has 6 nitrogen and oxygen atoms in total. The molecule has 1 atom stereocenters. The Kier molecular flexibility index (Phi) is 5.91. The van der Waals surface area contributed by atoms with Gasteiger partial charge in [-0.05, 0) is 42.4 Å². The van der Waals surface area contributed by atoms with E-state index >= 15 is 0 Å². The van der Waals surface area contributed by atoms with Gasteiger partial charge in [0, 0.05) is 23.7 Å². The van der Waals surface area contributed by atoms with E-state index < -0.39 is 9.84 Å². The first kappa shape index (κ1) is 22.3. The number of hydrogen-bond donors (Lipinski definition) is 1. The molecule has 1 amide bonds. The summed E-state index contributed by atoms with van der Waals surface area (Å²) in [5.41, 5.74) is 3.97. The van der Waals surface area contributed by atoms with E-state index in [1.54, 1.807) is 6.20 Å². The monoisotopic (exact) mass is 484 g/mol. The molecule has 2 aliphatic heterocycles. The number of carbonyl (C=O) groups is 1. The van der Waals surface area contributed by atoms with Gasteiger partial charge in [-0.2, -0.15) is 0 Å². The average molecular weight is 485 g/mol. The van der Waals surface area contributed by atoms with Crippen LogP contribution in [0.5, 0.6) is 5.75 Å². The summed E-state index contributed by atoms with van der Waals surface area (Å²) in [7, 11) is -2.93. The summed E-state index contributed by atoms with van der Waals surface area (Å²) < 4.78 is 30.6. The van der Waals surface area contributed by atoms with Gasteiger partial charge in [0.05, 0.1) is 39.2 Å². The molecule has 0 spiro atoms. The Morgan fingerprint density at radius 2 is 1.88 bits per heavy atom. The summed E-state index contributed by atoms with van der Waals surface area (Å²) in [4.78, 5) is 18.9. The summed E-state index contributed by atoms with van der Waals surface area (Å²) in [5, 5.41) is 3.24. The summed E-state index contributed by atoms with van der Waals surface area (Å²) in [6, 6.07) is 9.75.